The van der Waals surface area contributed by atoms with E-state index in [-0.39, 0.29) is 27.9 Å². The van der Waals surface area contributed by atoms with Crippen molar-refractivity contribution in [2.24, 2.45) is 0 Å². The van der Waals surface area contributed by atoms with Crippen molar-refractivity contribution >= 4 is 22.7 Å². The Labute approximate surface area is 103 Å². The zero-order valence-corrected chi connectivity index (χ0v) is 8.91. The van der Waals surface area contributed by atoms with Gasteiger partial charge in [0, 0.05) is 6.07 Å². The van der Waals surface area contributed by atoms with Crippen molar-refractivity contribution in [2.45, 2.75) is 0 Å². The Morgan fingerprint density at radius 1 is 1.44 bits per heavy atom. The maximum Gasteiger partial charge on any atom is 1.00 e. The summed E-state index contributed by atoms with van der Waals surface area (Å²) in [5.41, 5.74) is -0.897. The molecule has 2 rings (SSSR count). The number of nitro benzene ring substituents is 1. The van der Waals surface area contributed by atoms with Crippen molar-refractivity contribution < 1.29 is 37.2 Å². The molecule has 0 atom stereocenters. The van der Waals surface area contributed by atoms with E-state index in [2.05, 4.69) is 15.4 Å². The number of fused-ring (bicyclic) bond motifs is 1. The van der Waals surface area contributed by atoms with Gasteiger partial charge in [0.25, 0.3) is 5.69 Å². The normalized spacial score (nSPS) is 9.75. The smallest absolute Gasteiger partial charge is 0.544 e. The van der Waals surface area contributed by atoms with Gasteiger partial charge < -0.3 is 9.90 Å². The summed E-state index contributed by atoms with van der Waals surface area (Å²) in [5, 5.41) is 30.5. The summed E-state index contributed by atoms with van der Waals surface area (Å²) in [6.07, 6.45) is 0. The van der Waals surface area contributed by atoms with Crippen LogP contribution in [0.2, 0.25) is 0 Å². The van der Waals surface area contributed by atoms with Gasteiger partial charge >= 0.3 is 22.4 Å². The molecule has 0 aliphatic heterocycles. The molecule has 0 aliphatic rings. The van der Waals surface area contributed by atoms with Crippen molar-refractivity contribution in [1.82, 2.24) is 15.4 Å². The van der Waals surface area contributed by atoms with E-state index in [1.165, 1.54) is 6.07 Å². The summed E-state index contributed by atoms with van der Waals surface area (Å²) in [6.45, 7) is 0. The minimum atomic E-state index is -1.65. The molecule has 0 amide bonds. The number of hydrogen-bond donors (Lipinski definition) is 1. The Kier molecular flexibility index (Phi) is 3.38. The number of hydrogen-bond acceptors (Lipinski definition) is 6. The van der Waals surface area contributed by atoms with E-state index in [1.54, 1.807) is 0 Å². The van der Waals surface area contributed by atoms with Gasteiger partial charge in [0.1, 0.15) is 11.1 Å². The molecule has 86 valence electrons. The van der Waals surface area contributed by atoms with E-state index in [4.69, 9.17) is 0 Å². The van der Waals surface area contributed by atoms with Crippen LogP contribution < -0.4 is 5.11 Å². The van der Waals surface area contributed by atoms with E-state index in [0.717, 1.165) is 6.07 Å². The largest absolute Gasteiger partial charge is 1.00 e. The first-order chi connectivity index (χ1) is 7.11. The molecule has 0 fully saturated rings. The molecule has 16 heavy (non-hydrogen) atoms. The van der Waals surface area contributed by atoms with E-state index in [0.29, 0.717) is 5.52 Å². The van der Waals surface area contributed by atoms with Gasteiger partial charge in [-0.1, -0.05) is 5.21 Å². The summed E-state index contributed by atoms with van der Waals surface area (Å²) >= 11 is 0. The average Bonchev–Trinajstić information content (AvgIpc) is 2.62. The van der Waals surface area contributed by atoms with Crippen LogP contribution in [0.5, 0.6) is 0 Å². The number of carboxylic acid groups (broad SMARTS) is 1. The molecular formula is C7H3AgN4O4. The summed E-state index contributed by atoms with van der Waals surface area (Å²) in [6, 6.07) is 2.40. The third-order valence-electron chi connectivity index (χ3n) is 1.88. The second-order valence-electron chi connectivity index (χ2n) is 2.71. The van der Waals surface area contributed by atoms with E-state index in [9.17, 15) is 20.0 Å². The fourth-order valence-electron chi connectivity index (χ4n) is 1.26. The molecule has 0 radical (unpaired) electrons. The standard InChI is InChI=1S/C7H4N4O4.Ag/c12-7(13)5-4(11(14)15)2-1-3-6(5)9-10-8-3;/h1-2H,(H,12,13)(H,8,9,10);/q;+1/p-1. The summed E-state index contributed by atoms with van der Waals surface area (Å²) in [5.74, 6) is -1.65. The number of H-pyrrole nitrogens is 1. The summed E-state index contributed by atoms with van der Waals surface area (Å²) < 4.78 is 0. The monoisotopic (exact) mass is 314 g/mol. The predicted molar refractivity (Wildman–Crippen MR) is 44.9 cm³/mol. The topological polar surface area (TPSA) is 125 Å². The maximum absolute atomic E-state index is 10.7. The minimum Gasteiger partial charge on any atom is -0.544 e. The van der Waals surface area contributed by atoms with E-state index >= 15 is 0 Å². The zero-order valence-electron chi connectivity index (χ0n) is 7.43. The quantitative estimate of drug-likeness (QED) is 0.440. The van der Waals surface area contributed by atoms with Crippen LogP contribution in [-0.2, 0) is 22.4 Å². The summed E-state index contributed by atoms with van der Waals surface area (Å²) in [7, 11) is 0. The Hall–Kier alpha value is -1.77. The number of rotatable bonds is 2. The first-order valence-corrected chi connectivity index (χ1v) is 3.80. The number of nitrogens with zero attached hydrogens (tertiary/aromatic N) is 3. The second-order valence-corrected chi connectivity index (χ2v) is 2.71. The molecule has 2 aromatic rings. The second kappa shape index (κ2) is 4.39. The number of aromatic carboxylic acids is 1. The Bertz CT molecular complexity index is 567. The Morgan fingerprint density at radius 2 is 2.12 bits per heavy atom. The zero-order chi connectivity index (χ0) is 11.0. The van der Waals surface area contributed by atoms with Gasteiger partial charge in [0.05, 0.1) is 16.4 Å². The van der Waals surface area contributed by atoms with E-state index in [1.807, 2.05) is 0 Å². The molecule has 1 N–H and O–H groups in total. The third kappa shape index (κ3) is 1.81. The van der Waals surface area contributed by atoms with Gasteiger partial charge in [0.15, 0.2) is 0 Å². The van der Waals surface area contributed by atoms with Crippen molar-refractivity contribution in [2.75, 3.05) is 0 Å². The number of carboxylic acids is 1. The van der Waals surface area contributed by atoms with E-state index < -0.39 is 22.1 Å². The number of carbonyl (C=O) groups is 1. The van der Waals surface area contributed by atoms with Crippen molar-refractivity contribution in [3.8, 4) is 0 Å². The van der Waals surface area contributed by atoms with Crippen LogP contribution in [0.3, 0.4) is 0 Å². The number of aromatic amines is 1. The van der Waals surface area contributed by atoms with Gasteiger partial charge in [-0.25, -0.2) is 0 Å². The Balaban J connectivity index is 0.00000128. The fourth-order valence-corrected chi connectivity index (χ4v) is 1.26. The first-order valence-electron chi connectivity index (χ1n) is 3.80. The first kappa shape index (κ1) is 12.3. The number of carbonyl (C=O) groups excluding carboxylic acids is 1. The SMILES string of the molecule is O=C([O-])c1c([N+](=O)[O-])ccc2[nH]nnc12.[Ag+]. The number of benzene rings is 1. The number of nitrogens with one attached hydrogen (secondary N) is 1. The molecule has 0 aliphatic carbocycles. The van der Waals surface area contributed by atoms with Crippen LogP contribution in [0.1, 0.15) is 10.4 Å². The molecular weight excluding hydrogens is 312 g/mol. The number of nitro groups is 1. The van der Waals surface area contributed by atoms with Crippen LogP contribution >= 0.6 is 0 Å². The van der Waals surface area contributed by atoms with Crippen LogP contribution in [0.15, 0.2) is 12.1 Å². The minimum absolute atomic E-state index is 0. The van der Waals surface area contributed by atoms with Gasteiger partial charge in [-0.3, -0.25) is 15.2 Å². The van der Waals surface area contributed by atoms with Crippen molar-refractivity contribution in [3.05, 3.63) is 27.8 Å². The molecule has 1 aromatic heterocycles. The molecule has 1 heterocycles. The molecule has 8 nitrogen and oxygen atoms in total. The molecule has 1 aromatic carbocycles. The summed E-state index contributed by atoms with van der Waals surface area (Å²) in [4.78, 5) is 20.5. The molecule has 0 unspecified atom stereocenters. The molecule has 0 saturated heterocycles. The van der Waals surface area contributed by atoms with Gasteiger partial charge in [-0.2, -0.15) is 0 Å². The van der Waals surface area contributed by atoms with Crippen molar-refractivity contribution in [1.29, 1.82) is 0 Å². The van der Waals surface area contributed by atoms with Crippen LogP contribution in [0.4, 0.5) is 5.69 Å². The average molecular weight is 315 g/mol. The van der Waals surface area contributed by atoms with Gasteiger partial charge in [-0.15, -0.1) is 5.10 Å². The maximum atomic E-state index is 10.7. The predicted octanol–water partition coefficient (Wildman–Crippen LogP) is -0.773. The van der Waals surface area contributed by atoms with Crippen LogP contribution in [0, 0.1) is 10.1 Å². The van der Waals surface area contributed by atoms with Crippen LogP contribution in [0.25, 0.3) is 11.0 Å². The van der Waals surface area contributed by atoms with Gasteiger partial charge in [-0.05, 0) is 6.07 Å². The van der Waals surface area contributed by atoms with Crippen molar-refractivity contribution in [3.63, 3.8) is 0 Å². The van der Waals surface area contributed by atoms with Gasteiger partial charge in [0.2, 0.25) is 0 Å². The Morgan fingerprint density at radius 3 is 2.69 bits per heavy atom. The molecule has 0 bridgehead atoms. The molecule has 9 heteroatoms. The third-order valence-corrected chi connectivity index (χ3v) is 1.88. The molecule has 0 spiro atoms. The van der Waals surface area contributed by atoms with Crippen LogP contribution in [-0.4, -0.2) is 26.3 Å². The number of aromatic nitrogens is 3. The molecule has 0 saturated carbocycles. The fraction of sp³-hybridized carbons (Fsp3) is 0.